The number of thiophene rings is 1. The van der Waals surface area contributed by atoms with Crippen molar-refractivity contribution in [3.8, 4) is 10.6 Å². The van der Waals surface area contributed by atoms with Crippen molar-refractivity contribution in [2.75, 3.05) is 0 Å². The summed E-state index contributed by atoms with van der Waals surface area (Å²) < 4.78 is 1.91. The molecule has 2 heterocycles. The van der Waals surface area contributed by atoms with Gasteiger partial charge in [0.25, 0.3) is 0 Å². The first-order valence-corrected chi connectivity index (χ1v) is 6.83. The molecule has 1 atom stereocenters. The van der Waals surface area contributed by atoms with Crippen LogP contribution < -0.4 is 5.73 Å². The highest BCUT2D eigenvalue weighted by atomic mass is 32.1. The Morgan fingerprint density at radius 1 is 1.47 bits per heavy atom. The summed E-state index contributed by atoms with van der Waals surface area (Å²) in [5.41, 5.74) is 8.45. The Morgan fingerprint density at radius 3 is 2.82 bits per heavy atom. The van der Waals surface area contributed by atoms with E-state index in [0.29, 0.717) is 5.92 Å². The number of nitrogens with two attached hydrogens (primary N) is 1. The fourth-order valence-electron chi connectivity index (χ4n) is 2.04. The van der Waals surface area contributed by atoms with E-state index in [2.05, 4.69) is 30.2 Å². The number of hydrogen-bond acceptors (Lipinski definition) is 3. The van der Waals surface area contributed by atoms with E-state index in [9.17, 15) is 0 Å². The van der Waals surface area contributed by atoms with Crippen molar-refractivity contribution in [3.63, 3.8) is 0 Å². The zero-order valence-electron chi connectivity index (χ0n) is 10.2. The van der Waals surface area contributed by atoms with Gasteiger partial charge in [0.05, 0.1) is 4.88 Å². The highest BCUT2D eigenvalue weighted by Gasteiger charge is 2.30. The molecule has 1 aliphatic rings. The van der Waals surface area contributed by atoms with Crippen molar-refractivity contribution in [1.29, 1.82) is 0 Å². The largest absolute Gasteiger partial charge is 0.323 e. The zero-order valence-corrected chi connectivity index (χ0v) is 11.0. The third kappa shape index (κ3) is 2.03. The van der Waals surface area contributed by atoms with E-state index >= 15 is 0 Å². The predicted molar refractivity (Wildman–Crippen MR) is 70.9 cm³/mol. The van der Waals surface area contributed by atoms with E-state index in [4.69, 9.17) is 5.73 Å². The lowest BCUT2D eigenvalue weighted by molar-refractivity contribution is 0.645. The summed E-state index contributed by atoms with van der Waals surface area (Å²) in [6, 6.07) is 6.66. The van der Waals surface area contributed by atoms with Crippen LogP contribution >= 0.6 is 11.3 Å². The molecule has 1 fully saturated rings. The Kier molecular flexibility index (Phi) is 2.56. The summed E-state index contributed by atoms with van der Waals surface area (Å²) in [7, 11) is 1.98. The first-order valence-electron chi connectivity index (χ1n) is 6.01. The Balaban J connectivity index is 1.88. The van der Waals surface area contributed by atoms with Gasteiger partial charge >= 0.3 is 0 Å². The maximum Gasteiger partial charge on any atom is 0.103 e. The Morgan fingerprint density at radius 2 is 2.24 bits per heavy atom. The van der Waals surface area contributed by atoms with Gasteiger partial charge in [-0.25, -0.2) is 0 Å². The van der Waals surface area contributed by atoms with E-state index in [1.807, 2.05) is 11.7 Å². The van der Waals surface area contributed by atoms with Crippen molar-refractivity contribution in [2.24, 2.45) is 18.7 Å². The third-order valence-corrected chi connectivity index (χ3v) is 4.66. The molecular formula is C13H17N3S. The van der Waals surface area contributed by atoms with Gasteiger partial charge in [-0.3, -0.25) is 4.68 Å². The van der Waals surface area contributed by atoms with E-state index in [-0.39, 0.29) is 6.04 Å². The lowest BCUT2D eigenvalue weighted by Gasteiger charge is -2.05. The fourth-order valence-corrected chi connectivity index (χ4v) is 3.10. The van der Waals surface area contributed by atoms with Gasteiger partial charge in [-0.05, 0) is 43.9 Å². The lowest BCUT2D eigenvalue weighted by atomic mass is 10.1. The van der Waals surface area contributed by atoms with Crippen LogP contribution in [0.5, 0.6) is 0 Å². The van der Waals surface area contributed by atoms with Crippen LogP contribution in [-0.4, -0.2) is 9.78 Å². The smallest absolute Gasteiger partial charge is 0.103 e. The highest BCUT2D eigenvalue weighted by Crippen LogP contribution is 2.42. The predicted octanol–water partition coefficient (Wildman–Crippen LogP) is 2.87. The Hall–Kier alpha value is -1.13. The van der Waals surface area contributed by atoms with Crippen LogP contribution in [0, 0.1) is 12.8 Å². The standard InChI is InChI=1S/C13H17N3S/c1-8-7-10(15-16(8)2)11-5-6-12(17-11)13(14)9-3-4-9/h5-7,9,13H,3-4,14H2,1-2H3. The molecule has 3 rings (SSSR count). The van der Waals surface area contributed by atoms with Crippen LogP contribution in [0.2, 0.25) is 0 Å². The molecule has 17 heavy (non-hydrogen) atoms. The first-order chi connectivity index (χ1) is 8.15. The summed E-state index contributed by atoms with van der Waals surface area (Å²) in [5.74, 6) is 0.715. The summed E-state index contributed by atoms with van der Waals surface area (Å²) in [6.07, 6.45) is 2.58. The van der Waals surface area contributed by atoms with Crippen LogP contribution in [0.15, 0.2) is 18.2 Å². The molecule has 0 bridgehead atoms. The minimum absolute atomic E-state index is 0.235. The summed E-state index contributed by atoms with van der Waals surface area (Å²) in [6.45, 7) is 2.07. The normalized spacial score (nSPS) is 17.4. The molecule has 1 unspecified atom stereocenters. The molecule has 4 heteroatoms. The second kappa shape index (κ2) is 3.96. The Labute approximate surface area is 105 Å². The number of rotatable bonds is 3. The Bertz CT molecular complexity index is 517. The van der Waals surface area contributed by atoms with Crippen LogP contribution in [0.1, 0.15) is 29.5 Å². The molecule has 2 aromatic rings. The summed E-state index contributed by atoms with van der Waals surface area (Å²) in [5, 5.41) is 4.50. The average molecular weight is 247 g/mol. The second-order valence-electron chi connectivity index (χ2n) is 4.86. The number of hydrogen-bond donors (Lipinski definition) is 1. The summed E-state index contributed by atoms with van der Waals surface area (Å²) >= 11 is 1.78. The molecule has 0 radical (unpaired) electrons. The van der Waals surface area contributed by atoms with Gasteiger partial charge in [0.2, 0.25) is 0 Å². The third-order valence-electron chi connectivity index (χ3n) is 3.45. The average Bonchev–Trinajstić information content (AvgIpc) is 2.94. The van der Waals surface area contributed by atoms with Gasteiger partial charge in [0.15, 0.2) is 0 Å². The van der Waals surface area contributed by atoms with Crippen LogP contribution in [0.3, 0.4) is 0 Å². The molecule has 2 N–H and O–H groups in total. The van der Waals surface area contributed by atoms with Crippen molar-refractivity contribution < 1.29 is 0 Å². The van der Waals surface area contributed by atoms with Gasteiger partial charge in [-0.1, -0.05) is 0 Å². The maximum atomic E-state index is 6.21. The molecule has 0 spiro atoms. The van der Waals surface area contributed by atoms with Crippen molar-refractivity contribution in [2.45, 2.75) is 25.8 Å². The van der Waals surface area contributed by atoms with E-state index in [0.717, 1.165) is 5.69 Å². The van der Waals surface area contributed by atoms with Crippen LogP contribution in [0.25, 0.3) is 10.6 Å². The molecule has 2 aromatic heterocycles. The molecule has 0 aromatic carbocycles. The fraction of sp³-hybridized carbons (Fsp3) is 0.462. The second-order valence-corrected chi connectivity index (χ2v) is 5.98. The van der Waals surface area contributed by atoms with Crippen LogP contribution in [-0.2, 0) is 7.05 Å². The van der Waals surface area contributed by atoms with Crippen molar-refractivity contribution in [3.05, 3.63) is 28.8 Å². The molecule has 90 valence electrons. The minimum Gasteiger partial charge on any atom is -0.323 e. The molecular weight excluding hydrogens is 230 g/mol. The molecule has 3 nitrogen and oxygen atoms in total. The van der Waals surface area contributed by atoms with Gasteiger partial charge in [-0.15, -0.1) is 11.3 Å². The number of nitrogens with zero attached hydrogens (tertiary/aromatic N) is 2. The van der Waals surface area contributed by atoms with E-state index in [1.54, 1.807) is 11.3 Å². The molecule has 1 saturated carbocycles. The molecule has 0 amide bonds. The molecule has 0 saturated heterocycles. The van der Waals surface area contributed by atoms with Gasteiger partial charge in [-0.2, -0.15) is 5.10 Å². The number of aryl methyl sites for hydroxylation is 2. The van der Waals surface area contributed by atoms with Gasteiger partial charge < -0.3 is 5.73 Å². The topological polar surface area (TPSA) is 43.8 Å². The SMILES string of the molecule is Cc1cc(-c2ccc(C(N)C3CC3)s2)nn1C. The minimum atomic E-state index is 0.235. The summed E-state index contributed by atoms with van der Waals surface area (Å²) in [4.78, 5) is 2.52. The number of aromatic nitrogens is 2. The van der Waals surface area contributed by atoms with Crippen molar-refractivity contribution >= 4 is 11.3 Å². The van der Waals surface area contributed by atoms with Crippen molar-refractivity contribution in [1.82, 2.24) is 9.78 Å². The lowest BCUT2D eigenvalue weighted by Crippen LogP contribution is -2.10. The molecule has 1 aliphatic carbocycles. The quantitative estimate of drug-likeness (QED) is 0.906. The zero-order chi connectivity index (χ0) is 12.0. The van der Waals surface area contributed by atoms with Gasteiger partial charge in [0.1, 0.15) is 5.69 Å². The monoisotopic (exact) mass is 247 g/mol. The molecule has 0 aliphatic heterocycles. The van der Waals surface area contributed by atoms with E-state index < -0.39 is 0 Å². The highest BCUT2D eigenvalue weighted by molar-refractivity contribution is 7.15. The maximum absolute atomic E-state index is 6.21. The van der Waals surface area contributed by atoms with E-state index in [1.165, 1.54) is 28.3 Å². The van der Waals surface area contributed by atoms with Crippen LogP contribution in [0.4, 0.5) is 0 Å². The first kappa shape index (κ1) is 11.0. The van der Waals surface area contributed by atoms with Gasteiger partial charge in [0, 0.05) is 23.7 Å².